The molecule has 0 aliphatic heterocycles. The zero-order valence-corrected chi connectivity index (χ0v) is 6.24. The van der Waals surface area contributed by atoms with Gasteiger partial charge in [0.1, 0.15) is 0 Å². The van der Waals surface area contributed by atoms with Crippen LogP contribution in [0, 0.1) is 0 Å². The van der Waals surface area contributed by atoms with E-state index in [0.717, 1.165) is 12.8 Å². The Labute approximate surface area is 61.0 Å². The first-order valence-corrected chi connectivity index (χ1v) is 2.69. The lowest BCUT2D eigenvalue weighted by Gasteiger charge is -1.95. The number of halogens is 1. The third-order valence-corrected chi connectivity index (χ3v) is 0.742. The molecular formula is C5H12ClNO2. The average molecular weight is 154 g/mol. The van der Waals surface area contributed by atoms with Gasteiger partial charge in [-0.25, -0.2) is 4.79 Å². The Morgan fingerprint density at radius 3 is 2.56 bits per heavy atom. The molecule has 0 heterocycles. The molecule has 0 unspecified atom stereocenters. The van der Waals surface area contributed by atoms with Gasteiger partial charge in [-0.05, 0) is 6.42 Å². The van der Waals surface area contributed by atoms with Crippen LogP contribution in [0.15, 0.2) is 0 Å². The molecule has 0 atom stereocenters. The van der Waals surface area contributed by atoms with Gasteiger partial charge in [0.2, 0.25) is 0 Å². The van der Waals surface area contributed by atoms with Crippen LogP contribution < -0.4 is 5.73 Å². The largest absolute Gasteiger partial charge is 0.450 e. The van der Waals surface area contributed by atoms with E-state index in [-0.39, 0.29) is 12.4 Å². The van der Waals surface area contributed by atoms with Gasteiger partial charge in [0, 0.05) is 0 Å². The zero-order valence-electron chi connectivity index (χ0n) is 5.42. The van der Waals surface area contributed by atoms with Gasteiger partial charge in [-0.1, -0.05) is 13.3 Å². The second-order valence-electron chi connectivity index (χ2n) is 1.52. The van der Waals surface area contributed by atoms with E-state index >= 15 is 0 Å². The van der Waals surface area contributed by atoms with Crippen molar-refractivity contribution in [1.82, 2.24) is 0 Å². The summed E-state index contributed by atoms with van der Waals surface area (Å²) in [4.78, 5) is 9.87. The summed E-state index contributed by atoms with van der Waals surface area (Å²) in [5.74, 6) is 0. The van der Waals surface area contributed by atoms with Crippen LogP contribution in [0.2, 0.25) is 0 Å². The maximum Gasteiger partial charge on any atom is 0.404 e. The lowest BCUT2D eigenvalue weighted by Crippen LogP contribution is -2.13. The Kier molecular flexibility index (Phi) is 9.55. The summed E-state index contributed by atoms with van der Waals surface area (Å²) < 4.78 is 4.42. The summed E-state index contributed by atoms with van der Waals surface area (Å²) in [5, 5.41) is 0. The number of ether oxygens (including phenoxy) is 1. The van der Waals surface area contributed by atoms with Crippen LogP contribution in [-0.4, -0.2) is 12.7 Å². The smallest absolute Gasteiger partial charge is 0.404 e. The number of unbranched alkanes of at least 4 members (excludes halogenated alkanes) is 1. The summed E-state index contributed by atoms with van der Waals surface area (Å²) in [5.41, 5.74) is 4.67. The van der Waals surface area contributed by atoms with Crippen molar-refractivity contribution < 1.29 is 9.53 Å². The molecule has 0 aromatic carbocycles. The van der Waals surface area contributed by atoms with E-state index in [0.29, 0.717) is 6.61 Å². The number of carbonyl (C=O) groups excluding carboxylic acids is 1. The molecule has 56 valence electrons. The molecule has 0 saturated heterocycles. The van der Waals surface area contributed by atoms with Crippen LogP contribution in [0.25, 0.3) is 0 Å². The van der Waals surface area contributed by atoms with Crippen molar-refractivity contribution >= 4 is 18.5 Å². The van der Waals surface area contributed by atoms with Gasteiger partial charge in [0.15, 0.2) is 0 Å². The van der Waals surface area contributed by atoms with E-state index in [2.05, 4.69) is 10.5 Å². The highest BCUT2D eigenvalue weighted by Gasteiger charge is 1.88. The van der Waals surface area contributed by atoms with Gasteiger partial charge in [0.25, 0.3) is 0 Å². The van der Waals surface area contributed by atoms with Crippen molar-refractivity contribution in [3.8, 4) is 0 Å². The molecule has 0 radical (unpaired) electrons. The molecule has 3 nitrogen and oxygen atoms in total. The quantitative estimate of drug-likeness (QED) is 0.622. The summed E-state index contributed by atoms with van der Waals surface area (Å²) in [6.07, 6.45) is 1.23. The molecule has 1 amide bonds. The van der Waals surface area contributed by atoms with Crippen LogP contribution in [-0.2, 0) is 4.74 Å². The number of carbonyl (C=O) groups is 1. The molecule has 0 aromatic heterocycles. The van der Waals surface area contributed by atoms with Crippen LogP contribution in [0.1, 0.15) is 19.8 Å². The van der Waals surface area contributed by atoms with Crippen molar-refractivity contribution in [2.24, 2.45) is 5.73 Å². The van der Waals surface area contributed by atoms with E-state index in [1.165, 1.54) is 0 Å². The first kappa shape index (κ1) is 11.4. The van der Waals surface area contributed by atoms with Gasteiger partial charge >= 0.3 is 6.09 Å². The maximum atomic E-state index is 9.87. The zero-order chi connectivity index (χ0) is 6.41. The average Bonchev–Trinajstić information content (AvgIpc) is 1.66. The third kappa shape index (κ3) is 11.2. The molecule has 0 saturated carbocycles. The van der Waals surface area contributed by atoms with E-state index in [1.54, 1.807) is 0 Å². The van der Waals surface area contributed by atoms with Gasteiger partial charge in [-0.3, -0.25) is 0 Å². The Balaban J connectivity index is 0. The number of nitrogens with two attached hydrogens (primary N) is 1. The normalized spacial score (nSPS) is 7.67. The number of amides is 1. The minimum atomic E-state index is -0.682. The fourth-order valence-corrected chi connectivity index (χ4v) is 0.317. The second-order valence-corrected chi connectivity index (χ2v) is 1.52. The van der Waals surface area contributed by atoms with Crippen LogP contribution in [0.4, 0.5) is 4.79 Å². The van der Waals surface area contributed by atoms with Crippen molar-refractivity contribution in [1.29, 1.82) is 0 Å². The van der Waals surface area contributed by atoms with Crippen molar-refractivity contribution in [3.05, 3.63) is 0 Å². The van der Waals surface area contributed by atoms with Crippen LogP contribution >= 0.6 is 12.4 Å². The third-order valence-electron chi connectivity index (χ3n) is 0.742. The fraction of sp³-hybridized carbons (Fsp3) is 0.800. The molecule has 0 aliphatic rings. The van der Waals surface area contributed by atoms with Gasteiger partial charge in [-0.2, -0.15) is 0 Å². The lowest BCUT2D eigenvalue weighted by atomic mass is 10.4. The molecule has 0 spiro atoms. The molecule has 0 bridgehead atoms. The maximum absolute atomic E-state index is 9.87. The first-order valence-electron chi connectivity index (χ1n) is 2.69. The Morgan fingerprint density at radius 1 is 1.67 bits per heavy atom. The molecule has 0 rings (SSSR count). The molecule has 0 aromatic rings. The van der Waals surface area contributed by atoms with Gasteiger partial charge in [-0.15, -0.1) is 12.4 Å². The minimum Gasteiger partial charge on any atom is -0.450 e. The minimum absolute atomic E-state index is 0. The molecule has 9 heavy (non-hydrogen) atoms. The number of rotatable bonds is 3. The predicted molar refractivity (Wildman–Crippen MR) is 37.7 cm³/mol. The standard InChI is InChI=1S/C5H11NO2.ClH/c1-2-3-4-8-5(6)7;/h2-4H2,1H3,(H2,6,7);1H. The monoisotopic (exact) mass is 153 g/mol. The molecule has 0 aliphatic carbocycles. The summed E-state index contributed by atoms with van der Waals surface area (Å²) in [6.45, 7) is 2.47. The highest BCUT2D eigenvalue weighted by Crippen LogP contribution is 1.85. The first-order chi connectivity index (χ1) is 3.77. The van der Waals surface area contributed by atoms with E-state index < -0.39 is 6.09 Å². The highest BCUT2D eigenvalue weighted by atomic mass is 35.5. The topological polar surface area (TPSA) is 52.3 Å². The van der Waals surface area contributed by atoms with Crippen molar-refractivity contribution in [3.63, 3.8) is 0 Å². The number of hydrogen-bond donors (Lipinski definition) is 1. The van der Waals surface area contributed by atoms with Crippen LogP contribution in [0.5, 0.6) is 0 Å². The highest BCUT2D eigenvalue weighted by molar-refractivity contribution is 5.85. The Hall–Kier alpha value is -0.440. The molecular weight excluding hydrogens is 142 g/mol. The van der Waals surface area contributed by atoms with Crippen molar-refractivity contribution in [2.75, 3.05) is 6.61 Å². The number of primary amides is 1. The van der Waals surface area contributed by atoms with Gasteiger partial charge in [0.05, 0.1) is 6.61 Å². The fourth-order valence-electron chi connectivity index (χ4n) is 0.317. The van der Waals surface area contributed by atoms with E-state index in [1.807, 2.05) is 6.92 Å². The molecule has 2 N–H and O–H groups in total. The molecule has 4 heteroatoms. The summed E-state index contributed by atoms with van der Waals surface area (Å²) in [6, 6.07) is 0. The SMILES string of the molecule is CCCCOC(N)=O.Cl. The lowest BCUT2D eigenvalue weighted by molar-refractivity contribution is 0.155. The second kappa shape index (κ2) is 7.56. The van der Waals surface area contributed by atoms with Crippen LogP contribution in [0.3, 0.4) is 0 Å². The predicted octanol–water partition coefficient (Wildman–Crippen LogP) is 1.30. The van der Waals surface area contributed by atoms with Crippen molar-refractivity contribution in [2.45, 2.75) is 19.8 Å². The number of hydrogen-bond acceptors (Lipinski definition) is 2. The summed E-state index contributed by atoms with van der Waals surface area (Å²) in [7, 11) is 0. The Morgan fingerprint density at radius 2 is 2.22 bits per heavy atom. The summed E-state index contributed by atoms with van der Waals surface area (Å²) >= 11 is 0. The van der Waals surface area contributed by atoms with E-state index in [4.69, 9.17) is 0 Å². The molecule has 0 fully saturated rings. The Bertz CT molecular complexity index is 77.4. The van der Waals surface area contributed by atoms with Gasteiger partial charge < -0.3 is 10.5 Å². The van der Waals surface area contributed by atoms with E-state index in [9.17, 15) is 4.79 Å².